The highest BCUT2D eigenvalue weighted by atomic mass is 32.2. The zero-order valence-electron chi connectivity index (χ0n) is 17.6. The molecular weight excluding hydrogens is 394 g/mol. The van der Waals surface area contributed by atoms with Gasteiger partial charge in [-0.15, -0.1) is 0 Å². The maximum atomic E-state index is 13.3. The molecule has 6 heteroatoms. The molecule has 1 aromatic carbocycles. The molecule has 5 rings (SSSR count). The van der Waals surface area contributed by atoms with E-state index in [2.05, 4.69) is 4.90 Å². The summed E-state index contributed by atoms with van der Waals surface area (Å²) in [5.74, 6) is 1.29. The van der Waals surface area contributed by atoms with Crippen molar-refractivity contribution >= 4 is 28.6 Å². The lowest BCUT2D eigenvalue weighted by Gasteiger charge is -2.44. The zero-order chi connectivity index (χ0) is 20.5. The largest absolute Gasteiger partial charge is 0.339 e. The third-order valence-corrected chi connectivity index (χ3v) is 8.29. The minimum Gasteiger partial charge on any atom is -0.339 e. The van der Waals surface area contributed by atoms with E-state index in [9.17, 15) is 9.59 Å². The number of rotatable bonds is 4. The second kappa shape index (κ2) is 8.74. The van der Waals surface area contributed by atoms with Crippen LogP contribution in [0, 0.1) is 5.92 Å². The van der Waals surface area contributed by atoms with Crippen LogP contribution in [0.1, 0.15) is 70.3 Å². The van der Waals surface area contributed by atoms with Crippen LogP contribution in [-0.4, -0.2) is 38.7 Å². The molecule has 0 N–H and O–H groups in total. The third kappa shape index (κ3) is 3.79. The first-order valence-corrected chi connectivity index (χ1v) is 12.6. The standard InChI is InChI=1S/C24H31N3O2S/c28-22(26-15-7-9-17-8-1-6-14-21(17)26)16-30-24-25-20-13-5-4-12-19(20)23(29)27(24)18-10-2-3-11-18/h4-5,12-13,17-18,21H,1-3,6-11,14-16H2/t17-,21+/m1/s1. The van der Waals surface area contributed by atoms with E-state index in [-0.39, 0.29) is 17.5 Å². The Morgan fingerprint density at radius 2 is 1.73 bits per heavy atom. The molecule has 3 fully saturated rings. The number of hydrogen-bond acceptors (Lipinski definition) is 4. The molecule has 1 aliphatic heterocycles. The van der Waals surface area contributed by atoms with Crippen LogP contribution in [0.2, 0.25) is 0 Å². The normalized spacial score (nSPS) is 24.9. The molecule has 3 aliphatic rings. The van der Waals surface area contributed by atoms with E-state index in [1.807, 2.05) is 28.8 Å². The van der Waals surface area contributed by atoms with Gasteiger partial charge in [0.05, 0.1) is 16.7 Å². The maximum Gasteiger partial charge on any atom is 0.262 e. The summed E-state index contributed by atoms with van der Waals surface area (Å²) in [7, 11) is 0. The van der Waals surface area contributed by atoms with Crippen molar-refractivity contribution in [3.63, 3.8) is 0 Å². The lowest BCUT2D eigenvalue weighted by Crippen LogP contribution is -2.50. The van der Waals surface area contributed by atoms with Crippen LogP contribution >= 0.6 is 11.8 Å². The monoisotopic (exact) mass is 425 g/mol. The van der Waals surface area contributed by atoms with Gasteiger partial charge in [-0.2, -0.15) is 0 Å². The van der Waals surface area contributed by atoms with Gasteiger partial charge in [0.1, 0.15) is 0 Å². The van der Waals surface area contributed by atoms with Gasteiger partial charge in [-0.1, -0.05) is 49.6 Å². The van der Waals surface area contributed by atoms with Crippen molar-refractivity contribution in [1.82, 2.24) is 14.5 Å². The molecule has 2 atom stereocenters. The van der Waals surface area contributed by atoms with E-state index in [0.717, 1.165) is 55.7 Å². The lowest BCUT2D eigenvalue weighted by molar-refractivity contribution is -0.134. The van der Waals surface area contributed by atoms with Crippen molar-refractivity contribution in [1.29, 1.82) is 0 Å². The van der Waals surface area contributed by atoms with E-state index >= 15 is 0 Å². The Bertz CT molecular complexity index is 980. The predicted octanol–water partition coefficient (Wildman–Crippen LogP) is 4.78. The summed E-state index contributed by atoms with van der Waals surface area (Å²) in [6, 6.07) is 8.24. The Morgan fingerprint density at radius 3 is 2.60 bits per heavy atom. The first-order chi connectivity index (χ1) is 14.7. The highest BCUT2D eigenvalue weighted by Crippen LogP contribution is 2.36. The summed E-state index contributed by atoms with van der Waals surface area (Å²) in [5.41, 5.74) is 0.782. The highest BCUT2D eigenvalue weighted by molar-refractivity contribution is 7.99. The Hall–Kier alpha value is -1.82. The van der Waals surface area contributed by atoms with Gasteiger partial charge in [0.2, 0.25) is 5.91 Å². The summed E-state index contributed by atoms with van der Waals surface area (Å²) in [6.07, 6.45) is 11.7. The number of piperidine rings is 1. The summed E-state index contributed by atoms with van der Waals surface area (Å²) < 4.78 is 1.90. The van der Waals surface area contributed by atoms with Crippen molar-refractivity contribution in [2.45, 2.75) is 81.4 Å². The maximum absolute atomic E-state index is 13.3. The molecular formula is C24H31N3O2S. The van der Waals surface area contributed by atoms with Crippen LogP contribution in [0.4, 0.5) is 0 Å². The van der Waals surface area contributed by atoms with Gasteiger partial charge in [-0.25, -0.2) is 4.98 Å². The average molecular weight is 426 g/mol. The Labute approximate surface area is 182 Å². The fourth-order valence-electron chi connectivity index (χ4n) is 5.86. The van der Waals surface area contributed by atoms with E-state index < -0.39 is 0 Å². The van der Waals surface area contributed by atoms with Gasteiger partial charge in [0, 0.05) is 18.6 Å². The minimum atomic E-state index is 0.0489. The van der Waals surface area contributed by atoms with Crippen molar-refractivity contribution in [2.24, 2.45) is 5.92 Å². The van der Waals surface area contributed by atoms with Gasteiger partial charge in [-0.05, 0) is 56.6 Å². The fraction of sp³-hybridized carbons (Fsp3) is 0.625. The molecule has 0 unspecified atom stereocenters. The number of likely N-dealkylation sites (tertiary alicyclic amines) is 1. The zero-order valence-corrected chi connectivity index (χ0v) is 18.4. The van der Waals surface area contributed by atoms with E-state index in [4.69, 9.17) is 4.98 Å². The van der Waals surface area contributed by atoms with E-state index in [1.54, 1.807) is 0 Å². The summed E-state index contributed by atoms with van der Waals surface area (Å²) in [5, 5.41) is 1.40. The summed E-state index contributed by atoms with van der Waals surface area (Å²) in [4.78, 5) is 33.5. The molecule has 0 spiro atoms. The fourth-order valence-corrected chi connectivity index (χ4v) is 6.81. The molecule has 2 aromatic rings. The molecule has 1 amide bonds. The lowest BCUT2D eigenvalue weighted by atomic mass is 9.78. The number of fused-ring (bicyclic) bond motifs is 2. The van der Waals surface area contributed by atoms with Gasteiger partial charge in [0.15, 0.2) is 5.16 Å². The predicted molar refractivity (Wildman–Crippen MR) is 121 cm³/mol. The van der Waals surface area contributed by atoms with Gasteiger partial charge in [0.25, 0.3) is 5.56 Å². The molecule has 30 heavy (non-hydrogen) atoms. The number of thioether (sulfide) groups is 1. The molecule has 5 nitrogen and oxygen atoms in total. The van der Waals surface area contributed by atoms with E-state index in [1.165, 1.54) is 37.4 Å². The number of benzene rings is 1. The molecule has 0 bridgehead atoms. The van der Waals surface area contributed by atoms with Gasteiger partial charge in [-0.3, -0.25) is 14.2 Å². The molecule has 160 valence electrons. The van der Waals surface area contributed by atoms with Crippen LogP contribution in [0.3, 0.4) is 0 Å². The van der Waals surface area contributed by atoms with Crippen molar-refractivity contribution in [3.8, 4) is 0 Å². The Balaban J connectivity index is 1.40. The summed E-state index contributed by atoms with van der Waals surface area (Å²) in [6.45, 7) is 0.890. The molecule has 1 saturated heterocycles. The second-order valence-corrected chi connectivity index (χ2v) is 10.1. The van der Waals surface area contributed by atoms with Crippen molar-refractivity contribution in [2.75, 3.05) is 12.3 Å². The van der Waals surface area contributed by atoms with Crippen LogP contribution in [-0.2, 0) is 4.79 Å². The Morgan fingerprint density at radius 1 is 1.00 bits per heavy atom. The smallest absolute Gasteiger partial charge is 0.262 e. The van der Waals surface area contributed by atoms with Crippen LogP contribution in [0.25, 0.3) is 10.9 Å². The van der Waals surface area contributed by atoms with Crippen LogP contribution in [0.15, 0.2) is 34.2 Å². The molecule has 2 saturated carbocycles. The molecule has 1 aromatic heterocycles. The highest BCUT2D eigenvalue weighted by Gasteiger charge is 2.35. The van der Waals surface area contributed by atoms with Gasteiger partial charge < -0.3 is 4.90 Å². The number of hydrogen-bond donors (Lipinski definition) is 0. The quantitative estimate of drug-likeness (QED) is 0.522. The Kier molecular flexibility index (Phi) is 5.85. The first kappa shape index (κ1) is 20.1. The molecule has 2 heterocycles. The number of carbonyl (C=O) groups is 1. The molecule has 2 aliphatic carbocycles. The molecule has 0 radical (unpaired) electrons. The number of para-hydroxylation sites is 1. The second-order valence-electron chi connectivity index (χ2n) is 9.15. The minimum absolute atomic E-state index is 0.0489. The van der Waals surface area contributed by atoms with Crippen LogP contribution < -0.4 is 5.56 Å². The van der Waals surface area contributed by atoms with Crippen molar-refractivity contribution < 1.29 is 4.79 Å². The summed E-state index contributed by atoms with van der Waals surface area (Å²) >= 11 is 1.46. The van der Waals surface area contributed by atoms with Crippen LogP contribution in [0.5, 0.6) is 0 Å². The topological polar surface area (TPSA) is 55.2 Å². The average Bonchev–Trinajstić information content (AvgIpc) is 3.31. The number of aromatic nitrogens is 2. The van der Waals surface area contributed by atoms with Gasteiger partial charge >= 0.3 is 0 Å². The number of carbonyl (C=O) groups excluding carboxylic acids is 1. The third-order valence-electron chi connectivity index (χ3n) is 7.35. The number of nitrogens with zero attached hydrogens (tertiary/aromatic N) is 3. The van der Waals surface area contributed by atoms with E-state index in [0.29, 0.717) is 23.1 Å². The SMILES string of the molecule is O=C(CSc1nc2ccccc2c(=O)n1C1CCCC1)N1CCC[C@H]2CCCC[C@@H]21. The van der Waals surface area contributed by atoms with Crippen molar-refractivity contribution in [3.05, 3.63) is 34.6 Å². The number of amides is 1. The first-order valence-electron chi connectivity index (χ1n) is 11.7.